The Morgan fingerprint density at radius 2 is 1.56 bits per heavy atom. The number of fused-ring (bicyclic) bond motifs is 4. The first kappa shape index (κ1) is 25.5. The van der Waals surface area contributed by atoms with E-state index in [9.17, 15) is 0 Å². The Kier molecular flexibility index (Phi) is 5.67. The highest BCUT2D eigenvalue weighted by Gasteiger charge is 2.77. The van der Waals surface area contributed by atoms with Crippen LogP contribution in [0.1, 0.15) is 65.1 Å². The average Bonchev–Trinajstić information content (AvgIpc) is 3.62. The summed E-state index contributed by atoms with van der Waals surface area (Å²) < 4.78 is 0. The number of benzene rings is 4. The third kappa shape index (κ3) is 3.15. The van der Waals surface area contributed by atoms with Gasteiger partial charge in [0.25, 0.3) is 0 Å². The number of allylic oxidation sites excluding steroid dienone is 1. The summed E-state index contributed by atoms with van der Waals surface area (Å²) in [6, 6.07) is 27.9. The smallest absolute Gasteiger partial charge is 0.189 e. The molecule has 0 bridgehead atoms. The molecule has 2 aliphatic carbocycles. The Hall–Kier alpha value is -3.24. The molecular weight excluding hydrogens is 549 g/mol. The van der Waals surface area contributed by atoms with Gasteiger partial charge in [0.2, 0.25) is 0 Å². The molecule has 4 aliphatic rings. The third-order valence-corrected chi connectivity index (χ3v) is 11.0. The van der Waals surface area contributed by atoms with Crippen LogP contribution in [0.15, 0.2) is 90.5 Å². The molecule has 4 atom stereocenters. The Morgan fingerprint density at radius 1 is 0.805 bits per heavy atom. The molecule has 3 nitrogen and oxygen atoms in total. The maximum Gasteiger partial charge on any atom is 0.189 e. The molecule has 0 unspecified atom stereocenters. The number of rotatable bonds is 2. The van der Waals surface area contributed by atoms with Crippen molar-refractivity contribution in [3.05, 3.63) is 123 Å². The van der Waals surface area contributed by atoms with Gasteiger partial charge in [0.15, 0.2) is 11.6 Å². The lowest BCUT2D eigenvalue weighted by Crippen LogP contribution is -2.60. The Bertz CT molecular complexity index is 1810. The van der Waals surface area contributed by atoms with Crippen molar-refractivity contribution >= 4 is 51.6 Å². The molecule has 2 saturated heterocycles. The Labute approximate surface area is 249 Å². The molecule has 8 rings (SSSR count). The van der Waals surface area contributed by atoms with Crippen molar-refractivity contribution in [2.24, 2.45) is 5.41 Å². The largest absolute Gasteiger partial charge is 0.294 e. The van der Waals surface area contributed by atoms with Crippen molar-refractivity contribution < 1.29 is 9.59 Å². The van der Waals surface area contributed by atoms with E-state index in [1.165, 1.54) is 0 Å². The van der Waals surface area contributed by atoms with E-state index in [1.807, 2.05) is 60.7 Å². The average molecular weight is 579 g/mol. The van der Waals surface area contributed by atoms with Gasteiger partial charge in [-0.05, 0) is 89.9 Å². The zero-order chi connectivity index (χ0) is 27.9. The SMILES string of the molecule is O=C1c2cccc3cccc(c23)[C@]12N1CCC[C@H]1[C@H](c1ccccc1Cl)[C@]21CCC/C(=C\c2ccccc2Cl)C1=O. The standard InChI is InChI=1S/C36H29Cl2NO2/c37-28-16-3-1-9-23(28)21-24-12-7-19-35(33(24)40)32(25-13-2-4-17-29(25)38)30-18-8-20-39(30)36(35)27-15-6-11-22-10-5-14-26(31(22)27)34(36)41/h1-6,9-11,13-17,21,30,32H,7-8,12,18-20H2/b24-21+/t30-,32-,35-,36-/m0/s1. The lowest BCUT2D eigenvalue weighted by Gasteiger charge is -2.50. The van der Waals surface area contributed by atoms with Crippen molar-refractivity contribution in [3.63, 3.8) is 0 Å². The van der Waals surface area contributed by atoms with E-state index in [0.717, 1.165) is 64.4 Å². The Balaban J connectivity index is 1.46. The second-order valence-corrected chi connectivity index (χ2v) is 12.8. The van der Waals surface area contributed by atoms with Gasteiger partial charge in [-0.2, -0.15) is 0 Å². The quantitative estimate of drug-likeness (QED) is 0.224. The minimum atomic E-state index is -1.09. The van der Waals surface area contributed by atoms with Crippen LogP contribution in [0.3, 0.4) is 0 Å². The zero-order valence-electron chi connectivity index (χ0n) is 22.6. The van der Waals surface area contributed by atoms with E-state index >= 15 is 9.59 Å². The van der Waals surface area contributed by atoms with Crippen molar-refractivity contribution in [3.8, 4) is 0 Å². The van der Waals surface area contributed by atoms with Crippen molar-refractivity contribution in [2.45, 2.75) is 49.6 Å². The molecule has 204 valence electrons. The number of hydrogen-bond donors (Lipinski definition) is 0. The van der Waals surface area contributed by atoms with E-state index in [-0.39, 0.29) is 23.5 Å². The molecule has 41 heavy (non-hydrogen) atoms. The van der Waals surface area contributed by atoms with Gasteiger partial charge in [-0.3, -0.25) is 14.5 Å². The molecule has 3 fully saturated rings. The fourth-order valence-corrected chi connectivity index (χ4v) is 9.52. The van der Waals surface area contributed by atoms with Crippen LogP contribution in [0.2, 0.25) is 10.0 Å². The number of halogens is 2. The maximum atomic E-state index is 15.4. The lowest BCUT2D eigenvalue weighted by atomic mass is 9.52. The summed E-state index contributed by atoms with van der Waals surface area (Å²) in [4.78, 5) is 33.0. The second-order valence-electron chi connectivity index (χ2n) is 12.0. The number of Topliss-reactive ketones (excluding diaryl/α,β-unsaturated/α-hetero) is 2. The molecule has 0 aromatic heterocycles. The number of hydrogen-bond acceptors (Lipinski definition) is 3. The molecule has 2 aliphatic heterocycles. The lowest BCUT2D eigenvalue weighted by molar-refractivity contribution is -0.132. The van der Waals surface area contributed by atoms with Crippen molar-refractivity contribution in [1.29, 1.82) is 0 Å². The van der Waals surface area contributed by atoms with Gasteiger partial charge in [-0.1, -0.05) is 96.0 Å². The van der Waals surface area contributed by atoms with Gasteiger partial charge in [0.1, 0.15) is 5.54 Å². The maximum absolute atomic E-state index is 15.4. The van der Waals surface area contributed by atoms with Crippen LogP contribution in [-0.4, -0.2) is 29.1 Å². The van der Waals surface area contributed by atoms with Gasteiger partial charge in [-0.25, -0.2) is 0 Å². The second kappa shape index (κ2) is 9.13. The highest BCUT2D eigenvalue weighted by molar-refractivity contribution is 6.32. The first-order chi connectivity index (χ1) is 20.0. The highest BCUT2D eigenvalue weighted by atomic mass is 35.5. The molecule has 0 N–H and O–H groups in total. The number of carbonyl (C=O) groups excluding carboxylic acids is 2. The fraction of sp³-hybridized carbons (Fsp3) is 0.278. The van der Waals surface area contributed by atoms with Gasteiger partial charge >= 0.3 is 0 Å². The predicted octanol–water partition coefficient (Wildman–Crippen LogP) is 8.62. The van der Waals surface area contributed by atoms with E-state index < -0.39 is 11.0 Å². The first-order valence-corrected chi connectivity index (χ1v) is 15.3. The van der Waals surface area contributed by atoms with Crippen LogP contribution in [0.5, 0.6) is 0 Å². The third-order valence-electron chi connectivity index (χ3n) is 10.3. The van der Waals surface area contributed by atoms with Gasteiger partial charge in [0, 0.05) is 27.6 Å². The van der Waals surface area contributed by atoms with Crippen LogP contribution < -0.4 is 0 Å². The summed E-state index contributed by atoms with van der Waals surface area (Å²) in [5, 5.41) is 3.33. The number of carbonyl (C=O) groups is 2. The van der Waals surface area contributed by atoms with E-state index in [2.05, 4.69) is 35.2 Å². The van der Waals surface area contributed by atoms with Gasteiger partial charge in [0.05, 0.1) is 5.41 Å². The number of nitrogens with zero attached hydrogens (tertiary/aromatic N) is 1. The minimum absolute atomic E-state index is 0.0343. The van der Waals surface area contributed by atoms with Gasteiger partial charge in [-0.15, -0.1) is 0 Å². The normalized spacial score (nSPS) is 29.9. The summed E-state index contributed by atoms with van der Waals surface area (Å²) in [7, 11) is 0. The number of ketones is 2. The Morgan fingerprint density at radius 3 is 2.37 bits per heavy atom. The molecule has 0 amide bonds. The molecule has 2 spiro atoms. The van der Waals surface area contributed by atoms with Crippen LogP contribution in [-0.2, 0) is 10.3 Å². The van der Waals surface area contributed by atoms with Crippen LogP contribution >= 0.6 is 23.2 Å². The van der Waals surface area contributed by atoms with E-state index in [4.69, 9.17) is 23.2 Å². The summed E-state index contributed by atoms with van der Waals surface area (Å²) in [5.74, 6) is -0.0751. The molecule has 5 heteroatoms. The van der Waals surface area contributed by atoms with Crippen LogP contribution in [0.25, 0.3) is 16.8 Å². The minimum Gasteiger partial charge on any atom is -0.294 e. The molecule has 1 saturated carbocycles. The zero-order valence-corrected chi connectivity index (χ0v) is 24.1. The monoisotopic (exact) mass is 577 g/mol. The molecular formula is C36H29Cl2NO2. The highest BCUT2D eigenvalue weighted by Crippen LogP contribution is 2.71. The predicted molar refractivity (Wildman–Crippen MR) is 165 cm³/mol. The van der Waals surface area contributed by atoms with E-state index in [0.29, 0.717) is 22.9 Å². The molecule has 4 aromatic rings. The summed E-state index contributed by atoms with van der Waals surface area (Å²) >= 11 is 13.6. The molecule has 4 aromatic carbocycles. The molecule has 0 radical (unpaired) electrons. The topological polar surface area (TPSA) is 37.4 Å². The van der Waals surface area contributed by atoms with Crippen LogP contribution in [0, 0.1) is 5.41 Å². The van der Waals surface area contributed by atoms with Crippen LogP contribution in [0.4, 0.5) is 0 Å². The molecule has 2 heterocycles. The van der Waals surface area contributed by atoms with Crippen molar-refractivity contribution in [2.75, 3.05) is 6.54 Å². The first-order valence-electron chi connectivity index (χ1n) is 14.6. The summed E-state index contributed by atoms with van der Waals surface area (Å²) in [6.07, 6.45) is 5.98. The van der Waals surface area contributed by atoms with Gasteiger partial charge < -0.3 is 0 Å². The van der Waals surface area contributed by atoms with E-state index in [1.54, 1.807) is 0 Å². The fourth-order valence-electron chi connectivity index (χ4n) is 9.07. The summed E-state index contributed by atoms with van der Waals surface area (Å²) in [5.41, 5.74) is 2.20. The van der Waals surface area contributed by atoms with Crippen molar-refractivity contribution in [1.82, 2.24) is 4.90 Å². The summed E-state index contributed by atoms with van der Waals surface area (Å²) in [6.45, 7) is 0.778.